The Morgan fingerprint density at radius 3 is 3.00 bits per heavy atom. The van der Waals surface area contributed by atoms with Crippen LogP contribution in [0.4, 0.5) is 0 Å². The molecule has 0 aliphatic carbocycles. The second kappa shape index (κ2) is 3.74. The molecule has 2 aromatic rings. The van der Waals surface area contributed by atoms with Gasteiger partial charge in [-0.2, -0.15) is 0 Å². The lowest BCUT2D eigenvalue weighted by molar-refractivity contribution is -0.142. The number of hydrogen-bond acceptors (Lipinski definition) is 3. The molecule has 0 saturated heterocycles. The van der Waals surface area contributed by atoms with Crippen LogP contribution in [0.3, 0.4) is 0 Å². The van der Waals surface area contributed by atoms with Crippen molar-refractivity contribution in [2.45, 2.75) is 6.04 Å². The lowest BCUT2D eigenvalue weighted by Crippen LogP contribution is -2.22. The molecule has 0 saturated carbocycles. The Balaban J connectivity index is 2.39. The summed E-state index contributed by atoms with van der Waals surface area (Å²) in [4.78, 5) is 14.3. The highest BCUT2D eigenvalue weighted by atomic mass is 16.5. The van der Waals surface area contributed by atoms with Crippen molar-refractivity contribution >= 4 is 16.9 Å². The summed E-state index contributed by atoms with van der Waals surface area (Å²) in [6.45, 7) is 0. The number of fused-ring (bicyclic) bond motifs is 1. The molecule has 1 atom stereocenters. The first kappa shape index (κ1) is 9.73. The zero-order valence-corrected chi connectivity index (χ0v) is 8.36. The number of hydrogen-bond donors (Lipinski definition) is 2. The van der Waals surface area contributed by atoms with Crippen molar-refractivity contribution in [3.05, 3.63) is 36.0 Å². The topological polar surface area (TPSA) is 68.1 Å². The minimum Gasteiger partial charge on any atom is -0.468 e. The number of nitrogens with two attached hydrogens (primary N) is 1. The molecule has 1 aromatic carbocycles. The van der Waals surface area contributed by atoms with E-state index in [-0.39, 0.29) is 0 Å². The molecule has 4 heteroatoms. The summed E-state index contributed by atoms with van der Waals surface area (Å²) in [6.07, 6.45) is 1.85. The number of rotatable bonds is 2. The average molecular weight is 204 g/mol. The van der Waals surface area contributed by atoms with E-state index in [0.29, 0.717) is 0 Å². The minimum absolute atomic E-state index is 0.426. The van der Waals surface area contributed by atoms with E-state index >= 15 is 0 Å². The number of ether oxygens (including phenoxy) is 1. The molecule has 1 unspecified atom stereocenters. The first-order valence-electron chi connectivity index (χ1n) is 4.63. The van der Waals surface area contributed by atoms with Crippen LogP contribution in [0, 0.1) is 0 Å². The van der Waals surface area contributed by atoms with Gasteiger partial charge in [0.2, 0.25) is 0 Å². The van der Waals surface area contributed by atoms with Crippen molar-refractivity contribution in [2.75, 3.05) is 7.11 Å². The minimum atomic E-state index is -0.714. The summed E-state index contributed by atoms with van der Waals surface area (Å²) >= 11 is 0. The van der Waals surface area contributed by atoms with Gasteiger partial charge in [-0.15, -0.1) is 0 Å². The van der Waals surface area contributed by atoms with Gasteiger partial charge in [0.05, 0.1) is 7.11 Å². The molecule has 0 radical (unpaired) electrons. The fourth-order valence-electron chi connectivity index (χ4n) is 1.53. The van der Waals surface area contributed by atoms with E-state index in [2.05, 4.69) is 9.72 Å². The van der Waals surface area contributed by atoms with E-state index in [1.54, 1.807) is 0 Å². The van der Waals surface area contributed by atoms with Gasteiger partial charge < -0.3 is 15.5 Å². The Hall–Kier alpha value is -1.81. The summed E-state index contributed by atoms with van der Waals surface area (Å²) < 4.78 is 4.59. The zero-order chi connectivity index (χ0) is 10.8. The number of carbonyl (C=O) groups excluding carboxylic acids is 1. The van der Waals surface area contributed by atoms with E-state index in [1.807, 2.05) is 30.5 Å². The smallest absolute Gasteiger partial charge is 0.327 e. The third-order valence-corrected chi connectivity index (χ3v) is 2.39. The maximum Gasteiger partial charge on any atom is 0.327 e. The van der Waals surface area contributed by atoms with Crippen LogP contribution < -0.4 is 5.73 Å². The standard InChI is InChI=1S/C11H12N2O2/c1-15-11(14)10(12)8-2-3-9-7(6-8)4-5-13-9/h2-6,10,13H,12H2,1H3. The number of benzene rings is 1. The Labute approximate surface area is 87.0 Å². The van der Waals surface area contributed by atoms with Crippen molar-refractivity contribution in [1.82, 2.24) is 4.98 Å². The summed E-state index contributed by atoms with van der Waals surface area (Å²) in [5, 5.41) is 1.03. The van der Waals surface area contributed by atoms with E-state index in [1.165, 1.54) is 7.11 Å². The van der Waals surface area contributed by atoms with Crippen LogP contribution in [0.5, 0.6) is 0 Å². The molecule has 0 fully saturated rings. The first-order chi connectivity index (χ1) is 7.22. The SMILES string of the molecule is COC(=O)C(N)c1ccc2[nH]ccc2c1. The van der Waals surface area contributed by atoms with Crippen LogP contribution in [-0.2, 0) is 9.53 Å². The van der Waals surface area contributed by atoms with Crippen molar-refractivity contribution in [3.63, 3.8) is 0 Å². The van der Waals surface area contributed by atoms with Crippen LogP contribution in [0.2, 0.25) is 0 Å². The number of nitrogens with one attached hydrogen (secondary N) is 1. The summed E-state index contributed by atoms with van der Waals surface area (Å²) in [7, 11) is 1.33. The van der Waals surface area contributed by atoms with Crippen LogP contribution >= 0.6 is 0 Å². The molecule has 3 N–H and O–H groups in total. The van der Waals surface area contributed by atoms with Crippen LogP contribution in [0.1, 0.15) is 11.6 Å². The second-order valence-corrected chi connectivity index (χ2v) is 3.33. The van der Waals surface area contributed by atoms with Gasteiger partial charge >= 0.3 is 5.97 Å². The highest BCUT2D eigenvalue weighted by Gasteiger charge is 2.16. The second-order valence-electron chi connectivity index (χ2n) is 3.33. The van der Waals surface area contributed by atoms with E-state index in [9.17, 15) is 4.79 Å². The van der Waals surface area contributed by atoms with Crippen LogP contribution in [0.25, 0.3) is 10.9 Å². The molecule has 0 bridgehead atoms. The number of carbonyl (C=O) groups is 1. The summed E-state index contributed by atoms with van der Waals surface area (Å²) in [5.41, 5.74) is 7.51. The zero-order valence-electron chi connectivity index (χ0n) is 8.36. The highest BCUT2D eigenvalue weighted by Crippen LogP contribution is 2.18. The van der Waals surface area contributed by atoms with E-state index < -0.39 is 12.0 Å². The van der Waals surface area contributed by atoms with Crippen molar-refractivity contribution in [2.24, 2.45) is 5.73 Å². The molecule has 0 aliphatic heterocycles. The maximum atomic E-state index is 11.2. The van der Waals surface area contributed by atoms with Gasteiger partial charge in [-0.25, -0.2) is 0 Å². The molecule has 2 rings (SSSR count). The Morgan fingerprint density at radius 1 is 1.47 bits per heavy atom. The number of aromatic amines is 1. The molecular weight excluding hydrogens is 192 g/mol. The predicted octanol–water partition coefficient (Wildman–Crippen LogP) is 1.34. The normalized spacial score (nSPS) is 12.7. The molecule has 0 aliphatic rings. The largest absolute Gasteiger partial charge is 0.468 e. The Morgan fingerprint density at radius 2 is 2.27 bits per heavy atom. The van der Waals surface area contributed by atoms with Crippen LogP contribution in [-0.4, -0.2) is 18.1 Å². The van der Waals surface area contributed by atoms with E-state index in [4.69, 9.17) is 5.73 Å². The van der Waals surface area contributed by atoms with Gasteiger partial charge in [-0.1, -0.05) is 6.07 Å². The quantitative estimate of drug-likeness (QED) is 0.725. The Bertz CT molecular complexity index is 490. The number of H-pyrrole nitrogens is 1. The monoisotopic (exact) mass is 204 g/mol. The van der Waals surface area contributed by atoms with Gasteiger partial charge in [-0.3, -0.25) is 4.79 Å². The maximum absolute atomic E-state index is 11.2. The fraction of sp³-hybridized carbons (Fsp3) is 0.182. The molecule has 1 aromatic heterocycles. The fourth-order valence-corrected chi connectivity index (χ4v) is 1.53. The summed E-state index contributed by atoms with van der Waals surface area (Å²) in [6, 6.07) is 6.82. The lowest BCUT2D eigenvalue weighted by atomic mass is 10.1. The molecule has 4 nitrogen and oxygen atoms in total. The van der Waals surface area contributed by atoms with Gasteiger partial charge in [0.1, 0.15) is 6.04 Å². The first-order valence-corrected chi connectivity index (χ1v) is 4.63. The van der Waals surface area contributed by atoms with E-state index in [0.717, 1.165) is 16.5 Å². The number of methoxy groups -OCH3 is 1. The van der Waals surface area contributed by atoms with Gasteiger partial charge in [0.15, 0.2) is 0 Å². The molecule has 1 heterocycles. The summed E-state index contributed by atoms with van der Waals surface area (Å²) in [5.74, 6) is -0.426. The number of aromatic nitrogens is 1. The third-order valence-electron chi connectivity index (χ3n) is 2.39. The molecule has 15 heavy (non-hydrogen) atoms. The highest BCUT2D eigenvalue weighted by molar-refractivity contribution is 5.83. The van der Waals surface area contributed by atoms with Gasteiger partial charge in [-0.05, 0) is 29.1 Å². The molecule has 78 valence electrons. The van der Waals surface area contributed by atoms with Crippen LogP contribution in [0.15, 0.2) is 30.5 Å². The number of esters is 1. The molecule has 0 amide bonds. The molecule has 0 spiro atoms. The third kappa shape index (κ3) is 1.71. The predicted molar refractivity (Wildman–Crippen MR) is 57.2 cm³/mol. The lowest BCUT2D eigenvalue weighted by Gasteiger charge is -2.09. The Kier molecular flexibility index (Phi) is 2.43. The van der Waals surface area contributed by atoms with Crippen molar-refractivity contribution in [3.8, 4) is 0 Å². The van der Waals surface area contributed by atoms with Crippen molar-refractivity contribution in [1.29, 1.82) is 0 Å². The average Bonchev–Trinajstić information content (AvgIpc) is 2.73. The molecular formula is C11H12N2O2. The van der Waals surface area contributed by atoms with Gasteiger partial charge in [0, 0.05) is 11.7 Å². The van der Waals surface area contributed by atoms with Crippen molar-refractivity contribution < 1.29 is 9.53 Å². The van der Waals surface area contributed by atoms with Gasteiger partial charge in [0.25, 0.3) is 0 Å².